The van der Waals surface area contributed by atoms with Gasteiger partial charge < -0.3 is 14.6 Å². The zero-order valence-corrected chi connectivity index (χ0v) is 15.8. The fraction of sp³-hybridized carbons (Fsp3) is 0.222. The van der Waals surface area contributed by atoms with E-state index in [4.69, 9.17) is 21.1 Å². The van der Waals surface area contributed by atoms with Crippen LogP contribution < -0.4 is 9.47 Å². The molecular formula is C18H16BrClO5. The molecule has 25 heavy (non-hydrogen) atoms. The number of carbonyl (C=O) groups excluding carboxylic acids is 1. The van der Waals surface area contributed by atoms with Gasteiger partial charge in [0.1, 0.15) is 17.1 Å². The first-order valence-electron chi connectivity index (χ1n) is 7.59. The van der Waals surface area contributed by atoms with Crippen molar-refractivity contribution >= 4 is 39.5 Å². The number of rotatable bonds is 7. The van der Waals surface area contributed by atoms with Crippen molar-refractivity contribution in [2.45, 2.75) is 19.8 Å². The van der Waals surface area contributed by atoms with Crippen molar-refractivity contribution in [1.29, 1.82) is 0 Å². The second-order valence-corrected chi connectivity index (χ2v) is 6.47. The average molecular weight is 428 g/mol. The average Bonchev–Trinajstić information content (AvgIpc) is 2.57. The lowest BCUT2D eigenvalue weighted by Crippen LogP contribution is -2.11. The van der Waals surface area contributed by atoms with E-state index >= 15 is 0 Å². The van der Waals surface area contributed by atoms with Crippen LogP contribution in [0.1, 0.15) is 40.5 Å². The van der Waals surface area contributed by atoms with E-state index in [2.05, 4.69) is 22.9 Å². The maximum Gasteiger partial charge on any atom is 0.343 e. The molecule has 0 fully saturated rings. The van der Waals surface area contributed by atoms with Crippen LogP contribution in [0.2, 0.25) is 5.02 Å². The maximum absolute atomic E-state index is 12.3. The summed E-state index contributed by atoms with van der Waals surface area (Å²) in [5, 5.41) is 9.43. The zero-order chi connectivity index (χ0) is 18.4. The molecular weight excluding hydrogens is 412 g/mol. The summed E-state index contributed by atoms with van der Waals surface area (Å²) in [6.45, 7) is 2.66. The Hall–Kier alpha value is -2.05. The third-order valence-electron chi connectivity index (χ3n) is 3.30. The Bertz CT molecular complexity index is 791. The minimum atomic E-state index is -1.23. The van der Waals surface area contributed by atoms with Gasteiger partial charge in [-0.15, -0.1) is 0 Å². The monoisotopic (exact) mass is 426 g/mol. The minimum absolute atomic E-state index is 0.0682. The van der Waals surface area contributed by atoms with Crippen LogP contribution in [0.5, 0.6) is 11.5 Å². The Balaban J connectivity index is 2.16. The number of ether oxygens (including phenoxy) is 2. The summed E-state index contributed by atoms with van der Waals surface area (Å²) in [5.74, 6) is -1.35. The maximum atomic E-state index is 12.3. The molecule has 7 heteroatoms. The number of halogens is 2. The van der Waals surface area contributed by atoms with Crippen molar-refractivity contribution in [2.24, 2.45) is 0 Å². The second kappa shape index (κ2) is 8.87. The lowest BCUT2D eigenvalue weighted by Gasteiger charge is -2.10. The van der Waals surface area contributed by atoms with E-state index in [0.29, 0.717) is 16.8 Å². The number of hydrogen-bond donors (Lipinski definition) is 1. The van der Waals surface area contributed by atoms with Crippen LogP contribution in [0, 0.1) is 0 Å². The van der Waals surface area contributed by atoms with E-state index < -0.39 is 11.9 Å². The molecule has 5 nitrogen and oxygen atoms in total. The first kappa shape index (κ1) is 19.3. The summed E-state index contributed by atoms with van der Waals surface area (Å²) in [5.41, 5.74) is 0.0837. The third-order valence-corrected chi connectivity index (χ3v) is 4.15. The van der Waals surface area contributed by atoms with Crippen molar-refractivity contribution < 1.29 is 24.2 Å². The highest BCUT2D eigenvalue weighted by molar-refractivity contribution is 9.10. The van der Waals surface area contributed by atoms with E-state index in [1.807, 2.05) is 0 Å². The molecule has 2 rings (SSSR count). The molecule has 132 valence electrons. The van der Waals surface area contributed by atoms with E-state index in [0.717, 1.165) is 12.8 Å². The molecule has 0 unspecified atom stereocenters. The third kappa shape index (κ3) is 5.21. The van der Waals surface area contributed by atoms with Crippen molar-refractivity contribution in [2.75, 3.05) is 6.61 Å². The van der Waals surface area contributed by atoms with Gasteiger partial charge in [-0.05, 0) is 58.7 Å². The molecule has 0 heterocycles. The number of benzene rings is 2. The van der Waals surface area contributed by atoms with Gasteiger partial charge >= 0.3 is 11.9 Å². The lowest BCUT2D eigenvalue weighted by molar-refractivity contribution is 0.0681. The first-order chi connectivity index (χ1) is 11.9. The van der Waals surface area contributed by atoms with E-state index in [9.17, 15) is 14.7 Å². The smallest absolute Gasteiger partial charge is 0.343 e. The van der Waals surface area contributed by atoms with Gasteiger partial charge in [-0.1, -0.05) is 24.9 Å². The van der Waals surface area contributed by atoms with Crippen molar-refractivity contribution in [3.63, 3.8) is 0 Å². The highest BCUT2D eigenvalue weighted by Crippen LogP contribution is 2.28. The number of hydrogen-bond acceptors (Lipinski definition) is 4. The largest absolute Gasteiger partial charge is 0.492 e. The molecule has 2 aromatic rings. The fourth-order valence-electron chi connectivity index (χ4n) is 1.99. The lowest BCUT2D eigenvalue weighted by atomic mass is 10.2. The summed E-state index contributed by atoms with van der Waals surface area (Å²) in [4.78, 5) is 23.5. The number of unbranched alkanes of at least 4 members (excludes halogenated alkanes) is 1. The molecule has 0 saturated heterocycles. The molecule has 0 spiro atoms. The van der Waals surface area contributed by atoms with E-state index in [1.54, 1.807) is 18.2 Å². The van der Waals surface area contributed by atoms with Gasteiger partial charge in [0, 0.05) is 5.02 Å². The zero-order valence-electron chi connectivity index (χ0n) is 13.4. The first-order valence-corrected chi connectivity index (χ1v) is 8.77. The summed E-state index contributed by atoms with van der Waals surface area (Å²) < 4.78 is 11.4. The Labute approximate surface area is 158 Å². The number of aromatic carboxylic acids is 1. The molecule has 0 radical (unpaired) electrons. The van der Waals surface area contributed by atoms with Crippen molar-refractivity contribution in [3.05, 3.63) is 57.0 Å². The molecule has 0 atom stereocenters. The predicted molar refractivity (Wildman–Crippen MR) is 97.9 cm³/mol. The molecule has 0 saturated carbocycles. The quantitative estimate of drug-likeness (QED) is 0.373. The Kier molecular flexibility index (Phi) is 6.84. The Morgan fingerprint density at radius 3 is 2.52 bits per heavy atom. The topological polar surface area (TPSA) is 72.8 Å². The van der Waals surface area contributed by atoms with Gasteiger partial charge in [-0.25, -0.2) is 9.59 Å². The SMILES string of the molecule is CCCCOc1ccc(C(=O)Oc2ccc(Cl)cc2C(=O)O)cc1Br. The van der Waals surface area contributed by atoms with Crippen molar-refractivity contribution in [1.82, 2.24) is 0 Å². The highest BCUT2D eigenvalue weighted by atomic mass is 79.9. The van der Waals surface area contributed by atoms with Gasteiger partial charge in [-0.3, -0.25) is 0 Å². The Morgan fingerprint density at radius 2 is 1.88 bits per heavy atom. The van der Waals surface area contributed by atoms with Gasteiger partial charge in [0.05, 0.1) is 16.6 Å². The number of carbonyl (C=O) groups is 2. The van der Waals surface area contributed by atoms with Crippen LogP contribution in [0.4, 0.5) is 0 Å². The minimum Gasteiger partial charge on any atom is -0.492 e. The molecule has 0 aliphatic carbocycles. The Morgan fingerprint density at radius 1 is 1.16 bits per heavy atom. The van der Waals surface area contributed by atoms with Crippen LogP contribution in [0.15, 0.2) is 40.9 Å². The van der Waals surface area contributed by atoms with Gasteiger partial charge in [0.25, 0.3) is 0 Å². The van der Waals surface area contributed by atoms with Crippen LogP contribution in [0.25, 0.3) is 0 Å². The van der Waals surface area contributed by atoms with E-state index in [1.165, 1.54) is 18.2 Å². The summed E-state index contributed by atoms with van der Waals surface area (Å²) >= 11 is 9.14. The van der Waals surface area contributed by atoms with Gasteiger partial charge in [-0.2, -0.15) is 0 Å². The molecule has 0 aliphatic heterocycles. The predicted octanol–water partition coefficient (Wildman–Crippen LogP) is 5.20. The van der Waals surface area contributed by atoms with Crippen LogP contribution in [-0.4, -0.2) is 23.7 Å². The van der Waals surface area contributed by atoms with Crippen molar-refractivity contribution in [3.8, 4) is 11.5 Å². The van der Waals surface area contributed by atoms with Crippen LogP contribution in [-0.2, 0) is 0 Å². The highest BCUT2D eigenvalue weighted by Gasteiger charge is 2.17. The van der Waals surface area contributed by atoms with Crippen LogP contribution >= 0.6 is 27.5 Å². The summed E-state index contributed by atoms with van der Waals surface area (Å²) in [6.07, 6.45) is 1.96. The number of carboxylic acid groups (broad SMARTS) is 1. The number of carboxylic acids is 1. The van der Waals surface area contributed by atoms with Crippen LogP contribution in [0.3, 0.4) is 0 Å². The summed E-state index contributed by atoms with van der Waals surface area (Å²) in [6, 6.07) is 8.83. The molecule has 1 N–H and O–H groups in total. The molecule has 0 amide bonds. The molecule has 0 bridgehead atoms. The molecule has 0 aliphatic rings. The van der Waals surface area contributed by atoms with E-state index in [-0.39, 0.29) is 21.9 Å². The number of esters is 1. The van der Waals surface area contributed by atoms with Gasteiger partial charge in [0.15, 0.2) is 0 Å². The fourth-order valence-corrected chi connectivity index (χ4v) is 2.65. The standard InChI is InChI=1S/C18H16BrClO5/c1-2-3-8-24-16-6-4-11(9-14(16)19)18(23)25-15-7-5-12(20)10-13(15)17(21)22/h4-7,9-10H,2-3,8H2,1H3,(H,21,22). The second-order valence-electron chi connectivity index (χ2n) is 5.18. The normalized spacial score (nSPS) is 10.4. The summed E-state index contributed by atoms with van der Waals surface area (Å²) in [7, 11) is 0. The molecule has 0 aromatic heterocycles. The van der Waals surface area contributed by atoms with Gasteiger partial charge in [0.2, 0.25) is 0 Å². The molecule has 2 aromatic carbocycles.